The van der Waals surface area contributed by atoms with Gasteiger partial charge in [-0.3, -0.25) is 0 Å². The second kappa shape index (κ2) is 6.31. The molecular weight excluding hydrogens is 188 g/mol. The van der Waals surface area contributed by atoms with Gasteiger partial charge in [-0.1, -0.05) is 35.4 Å². The largest absolute Gasteiger partial charge is 0.324 e. The lowest BCUT2D eigenvalue weighted by Gasteiger charge is -2.06. The van der Waals surface area contributed by atoms with E-state index in [4.69, 9.17) is 11.3 Å². The number of halogens is 1. The molecule has 0 radical (unpaired) electrons. The van der Waals surface area contributed by atoms with E-state index >= 15 is 0 Å². The third-order valence-electron chi connectivity index (χ3n) is 1.57. The summed E-state index contributed by atoms with van der Waals surface area (Å²) in [5.74, 6) is 0. The van der Waals surface area contributed by atoms with Gasteiger partial charge in [-0.2, -0.15) is 0 Å². The highest BCUT2D eigenvalue weighted by Gasteiger charge is 2.01. The van der Waals surface area contributed by atoms with Gasteiger partial charge in [0.2, 0.25) is 0 Å². The lowest BCUT2D eigenvalue weighted by Crippen LogP contribution is -2.12. The number of hydrogen-bond donors (Lipinski definition) is 1. The molecule has 0 aliphatic heterocycles. The van der Waals surface area contributed by atoms with Crippen LogP contribution in [0.15, 0.2) is 35.4 Å². The first-order chi connectivity index (χ1) is 5.84. The molecule has 1 atom stereocenters. The number of hydrogen-bond acceptors (Lipinski definition) is 2. The zero-order valence-corrected chi connectivity index (χ0v) is 7.81. The van der Waals surface area contributed by atoms with Crippen LogP contribution in [0.1, 0.15) is 11.6 Å². The Bertz CT molecular complexity index is 281. The van der Waals surface area contributed by atoms with Crippen molar-refractivity contribution in [1.82, 2.24) is 0 Å². The minimum absolute atomic E-state index is 0. The lowest BCUT2D eigenvalue weighted by molar-refractivity contribution is 0.733. The summed E-state index contributed by atoms with van der Waals surface area (Å²) in [6.07, 6.45) is 0. The number of azide groups is 1. The van der Waals surface area contributed by atoms with Crippen LogP contribution in [0, 0.1) is 0 Å². The fraction of sp³-hybridized carbons (Fsp3) is 0.250. The van der Waals surface area contributed by atoms with E-state index < -0.39 is 0 Å². The zero-order chi connectivity index (χ0) is 8.81. The third kappa shape index (κ3) is 3.80. The Morgan fingerprint density at radius 3 is 2.54 bits per heavy atom. The smallest absolute Gasteiger partial charge is 0.0451 e. The van der Waals surface area contributed by atoms with E-state index in [1.165, 1.54) is 0 Å². The maximum atomic E-state index is 8.06. The van der Waals surface area contributed by atoms with Crippen molar-refractivity contribution in [2.24, 2.45) is 10.8 Å². The summed E-state index contributed by atoms with van der Waals surface area (Å²) in [4.78, 5) is 2.65. The predicted octanol–water partition coefficient (Wildman–Crippen LogP) is 2.42. The van der Waals surface area contributed by atoms with Gasteiger partial charge in [0.15, 0.2) is 0 Å². The fourth-order valence-corrected chi connectivity index (χ4v) is 0.930. The minimum atomic E-state index is -0.193. The lowest BCUT2D eigenvalue weighted by atomic mass is 10.1. The monoisotopic (exact) mass is 198 g/mol. The van der Waals surface area contributed by atoms with Gasteiger partial charge in [-0.05, 0) is 11.1 Å². The molecule has 0 unspecified atom stereocenters. The van der Waals surface area contributed by atoms with Crippen LogP contribution in [0.3, 0.4) is 0 Å². The van der Waals surface area contributed by atoms with E-state index in [2.05, 4.69) is 10.0 Å². The number of nitrogens with zero attached hydrogens (tertiary/aromatic N) is 3. The summed E-state index contributed by atoms with van der Waals surface area (Å²) in [6.45, 7) is 0.306. The molecule has 4 nitrogen and oxygen atoms in total. The number of nitrogens with two attached hydrogens (primary N) is 1. The molecule has 1 aromatic carbocycles. The Morgan fingerprint density at radius 2 is 2.00 bits per heavy atom. The van der Waals surface area contributed by atoms with E-state index in [-0.39, 0.29) is 18.4 Å². The zero-order valence-electron chi connectivity index (χ0n) is 7.00. The van der Waals surface area contributed by atoms with E-state index in [0.717, 1.165) is 5.56 Å². The third-order valence-corrected chi connectivity index (χ3v) is 1.57. The molecule has 0 amide bonds. The first kappa shape index (κ1) is 11.8. The molecule has 0 bridgehead atoms. The molecule has 0 heterocycles. The summed E-state index contributed by atoms with van der Waals surface area (Å²) in [6, 6.07) is 9.37. The molecule has 0 spiro atoms. The highest BCUT2D eigenvalue weighted by molar-refractivity contribution is 5.85. The van der Waals surface area contributed by atoms with Crippen molar-refractivity contribution in [3.05, 3.63) is 46.3 Å². The average Bonchev–Trinajstić information content (AvgIpc) is 2.15. The number of benzene rings is 1. The molecule has 1 aromatic rings. The van der Waals surface area contributed by atoms with Crippen LogP contribution in [0.2, 0.25) is 0 Å². The Hall–Kier alpha value is -1.22. The topological polar surface area (TPSA) is 74.8 Å². The van der Waals surface area contributed by atoms with E-state index in [0.29, 0.717) is 6.54 Å². The molecule has 0 aliphatic rings. The molecule has 70 valence electrons. The van der Waals surface area contributed by atoms with Crippen molar-refractivity contribution in [3.8, 4) is 0 Å². The fourth-order valence-electron chi connectivity index (χ4n) is 0.930. The summed E-state index contributed by atoms with van der Waals surface area (Å²) in [5.41, 5.74) is 14.8. The van der Waals surface area contributed by atoms with Crippen molar-refractivity contribution in [2.45, 2.75) is 6.04 Å². The molecule has 0 saturated carbocycles. The predicted molar refractivity (Wildman–Crippen MR) is 54.6 cm³/mol. The van der Waals surface area contributed by atoms with Crippen molar-refractivity contribution >= 4 is 12.4 Å². The van der Waals surface area contributed by atoms with Crippen LogP contribution in [0.25, 0.3) is 10.4 Å². The van der Waals surface area contributed by atoms with Gasteiger partial charge in [0, 0.05) is 17.5 Å². The Kier molecular flexibility index (Phi) is 5.72. The standard InChI is InChI=1S/C8H10N4.ClH/c9-8(6-11-12-10)7-4-2-1-3-5-7;/h1-5,8H,6,9H2;1H/t8-;/m1./s1. The van der Waals surface area contributed by atoms with Gasteiger partial charge in [0.25, 0.3) is 0 Å². The van der Waals surface area contributed by atoms with E-state index in [9.17, 15) is 0 Å². The normalized spacial score (nSPS) is 10.8. The van der Waals surface area contributed by atoms with Gasteiger partial charge in [0.1, 0.15) is 0 Å². The highest BCUT2D eigenvalue weighted by atomic mass is 35.5. The summed E-state index contributed by atoms with van der Waals surface area (Å²) in [5, 5.41) is 3.40. The molecule has 0 aliphatic carbocycles. The van der Waals surface area contributed by atoms with Crippen molar-refractivity contribution in [2.75, 3.05) is 6.54 Å². The molecule has 0 saturated heterocycles. The summed E-state index contributed by atoms with van der Waals surface area (Å²) in [7, 11) is 0. The van der Waals surface area contributed by atoms with Crippen LogP contribution in [0.4, 0.5) is 0 Å². The first-order valence-corrected chi connectivity index (χ1v) is 3.66. The Balaban J connectivity index is 0.00000144. The second-order valence-corrected chi connectivity index (χ2v) is 2.43. The second-order valence-electron chi connectivity index (χ2n) is 2.43. The van der Waals surface area contributed by atoms with Crippen molar-refractivity contribution < 1.29 is 0 Å². The molecular formula is C8H11ClN4. The molecule has 13 heavy (non-hydrogen) atoms. The molecule has 2 N–H and O–H groups in total. The Morgan fingerprint density at radius 1 is 1.38 bits per heavy atom. The van der Waals surface area contributed by atoms with Crippen LogP contribution in [-0.4, -0.2) is 6.54 Å². The van der Waals surface area contributed by atoms with E-state index in [1.807, 2.05) is 30.3 Å². The highest BCUT2D eigenvalue weighted by Crippen LogP contribution is 2.08. The van der Waals surface area contributed by atoms with Crippen LogP contribution in [0.5, 0.6) is 0 Å². The van der Waals surface area contributed by atoms with Crippen molar-refractivity contribution in [1.29, 1.82) is 0 Å². The van der Waals surface area contributed by atoms with Gasteiger partial charge in [0.05, 0.1) is 0 Å². The maximum Gasteiger partial charge on any atom is 0.0451 e. The van der Waals surface area contributed by atoms with Crippen LogP contribution >= 0.6 is 12.4 Å². The van der Waals surface area contributed by atoms with Crippen LogP contribution in [-0.2, 0) is 0 Å². The maximum absolute atomic E-state index is 8.06. The molecule has 0 aromatic heterocycles. The molecule has 1 rings (SSSR count). The van der Waals surface area contributed by atoms with Gasteiger partial charge in [-0.25, -0.2) is 0 Å². The quantitative estimate of drug-likeness (QED) is 0.452. The summed E-state index contributed by atoms with van der Waals surface area (Å²) >= 11 is 0. The molecule has 0 fully saturated rings. The van der Waals surface area contributed by atoms with Gasteiger partial charge in [-0.15, -0.1) is 12.4 Å². The van der Waals surface area contributed by atoms with E-state index in [1.54, 1.807) is 0 Å². The van der Waals surface area contributed by atoms with Gasteiger partial charge < -0.3 is 5.73 Å². The molecule has 5 heteroatoms. The number of rotatable bonds is 3. The average molecular weight is 199 g/mol. The Labute approximate surface area is 82.8 Å². The van der Waals surface area contributed by atoms with Crippen LogP contribution < -0.4 is 5.73 Å². The summed E-state index contributed by atoms with van der Waals surface area (Å²) < 4.78 is 0. The van der Waals surface area contributed by atoms with Gasteiger partial charge >= 0.3 is 0 Å². The van der Waals surface area contributed by atoms with Crippen molar-refractivity contribution in [3.63, 3.8) is 0 Å². The SMILES string of the molecule is Cl.[N-]=[N+]=NC[C@@H](N)c1ccccc1. The first-order valence-electron chi connectivity index (χ1n) is 3.66. The minimum Gasteiger partial charge on any atom is -0.324 e.